The monoisotopic (exact) mass is 822 g/mol. The fourth-order valence-electron chi connectivity index (χ4n) is 9.89. The van der Waals surface area contributed by atoms with E-state index in [4.69, 9.17) is 15.0 Å². The molecule has 9 aromatic carbocycles. The summed E-state index contributed by atoms with van der Waals surface area (Å²) in [6.45, 7) is 2.33. The van der Waals surface area contributed by atoms with E-state index in [9.17, 15) is 0 Å². The quantitative estimate of drug-likeness (QED) is 0.174. The molecule has 0 aliphatic heterocycles. The lowest BCUT2D eigenvalue weighted by molar-refractivity contribution is 0.773. The first-order valence-electron chi connectivity index (χ1n) is 21.6. The lowest BCUT2D eigenvalue weighted by Gasteiger charge is -2.18. The summed E-state index contributed by atoms with van der Waals surface area (Å²) in [6, 6.07) is 65.8. The molecule has 0 fully saturated rings. The maximum Gasteiger partial charge on any atom is 0.238 e. The van der Waals surface area contributed by atoms with Crippen LogP contribution in [0.4, 0.5) is 0 Å². The highest BCUT2D eigenvalue weighted by molar-refractivity contribution is 7.26. The van der Waals surface area contributed by atoms with Crippen molar-refractivity contribution in [2.75, 3.05) is 0 Å². The van der Waals surface area contributed by atoms with Gasteiger partial charge in [-0.05, 0) is 92.0 Å². The summed E-state index contributed by atoms with van der Waals surface area (Å²) < 4.78 is 4.88. The standard InChI is InChI=1S/C58H38N4S/c1-35-11-9-17-42-32-51-50(34-49(35)42)47-20-10-19-46(43-27-29-48-53(33-43)63-52-30-28-39-15-7-8-18-45(39)54(48)52)55(47)62(51)58-60-56(40-24-21-38(22-25-40)36-12-3-2-4-13-36)59-57(61-58)44-26-23-37-14-5-6-16-41(37)31-44/h2-10,12-35H,11H2,1H3. The predicted molar refractivity (Wildman–Crippen MR) is 266 cm³/mol. The van der Waals surface area contributed by atoms with Crippen LogP contribution in [0.3, 0.4) is 0 Å². The van der Waals surface area contributed by atoms with Crippen molar-refractivity contribution in [3.63, 3.8) is 0 Å². The molecule has 1 unspecified atom stereocenters. The van der Waals surface area contributed by atoms with Gasteiger partial charge in [0.25, 0.3) is 0 Å². The molecule has 0 bridgehead atoms. The normalized spacial score (nSPS) is 13.8. The highest BCUT2D eigenvalue weighted by Gasteiger charge is 2.24. The summed E-state index contributed by atoms with van der Waals surface area (Å²) in [5.74, 6) is 2.26. The van der Waals surface area contributed by atoms with Gasteiger partial charge in [-0.2, -0.15) is 9.97 Å². The molecule has 3 aromatic heterocycles. The third-order valence-electron chi connectivity index (χ3n) is 13.1. The molecular weight excluding hydrogens is 785 g/mol. The van der Waals surface area contributed by atoms with Crippen molar-refractivity contribution in [2.45, 2.75) is 19.3 Å². The van der Waals surface area contributed by atoms with Crippen molar-refractivity contribution in [2.24, 2.45) is 0 Å². The minimum atomic E-state index is 0.421. The van der Waals surface area contributed by atoms with E-state index in [2.05, 4.69) is 206 Å². The van der Waals surface area contributed by atoms with Crippen molar-refractivity contribution in [1.29, 1.82) is 0 Å². The van der Waals surface area contributed by atoms with E-state index in [0.29, 0.717) is 23.5 Å². The minimum absolute atomic E-state index is 0.421. The third kappa shape index (κ3) is 5.85. The Bertz CT molecular complexity index is 3840. The van der Waals surface area contributed by atoms with Crippen LogP contribution in [0.1, 0.15) is 30.4 Å². The van der Waals surface area contributed by atoms with Gasteiger partial charge in [0, 0.05) is 47.6 Å². The summed E-state index contributed by atoms with van der Waals surface area (Å²) in [5, 5.41) is 9.87. The highest BCUT2D eigenvalue weighted by atomic mass is 32.1. The Kier molecular flexibility index (Phi) is 8.09. The van der Waals surface area contributed by atoms with Crippen LogP contribution in [-0.4, -0.2) is 19.5 Å². The number of allylic oxidation sites excluding steroid dienone is 1. The van der Waals surface area contributed by atoms with Crippen LogP contribution >= 0.6 is 11.3 Å². The fraction of sp³-hybridized carbons (Fsp3) is 0.0517. The Morgan fingerprint density at radius 2 is 1.19 bits per heavy atom. The minimum Gasteiger partial charge on any atom is -0.277 e. The average Bonchev–Trinajstić information content (AvgIpc) is 3.89. The van der Waals surface area contributed by atoms with Crippen LogP contribution in [-0.2, 0) is 0 Å². The third-order valence-corrected chi connectivity index (χ3v) is 14.2. The van der Waals surface area contributed by atoms with E-state index in [1.165, 1.54) is 63.8 Å². The number of aromatic nitrogens is 4. The number of benzene rings is 9. The van der Waals surface area contributed by atoms with Crippen molar-refractivity contribution >= 4 is 80.9 Å². The zero-order valence-corrected chi connectivity index (χ0v) is 35.3. The molecule has 0 spiro atoms. The first kappa shape index (κ1) is 36.0. The van der Waals surface area contributed by atoms with Gasteiger partial charge in [0.05, 0.1) is 11.0 Å². The first-order valence-corrected chi connectivity index (χ1v) is 22.5. The van der Waals surface area contributed by atoms with Crippen LogP contribution in [0.2, 0.25) is 0 Å². The van der Waals surface area contributed by atoms with Crippen LogP contribution in [0.15, 0.2) is 188 Å². The molecule has 3 heterocycles. The molecule has 1 aliphatic carbocycles. The van der Waals surface area contributed by atoms with E-state index in [-0.39, 0.29) is 0 Å². The number of nitrogens with zero attached hydrogens (tertiary/aromatic N) is 4. The Morgan fingerprint density at radius 3 is 2.06 bits per heavy atom. The molecule has 296 valence electrons. The second-order valence-corrected chi connectivity index (χ2v) is 17.9. The summed E-state index contributed by atoms with van der Waals surface area (Å²) in [6.07, 6.45) is 5.62. The van der Waals surface area contributed by atoms with Gasteiger partial charge in [0.1, 0.15) is 0 Å². The van der Waals surface area contributed by atoms with E-state index in [1.807, 2.05) is 11.3 Å². The number of thiophene rings is 1. The summed E-state index contributed by atoms with van der Waals surface area (Å²) in [4.78, 5) is 16.1. The molecule has 12 aromatic rings. The SMILES string of the molecule is CC1CC=Cc2cc3c(cc21)c1cccc(-c2ccc4c(c2)sc2ccc5ccccc5c24)c1n3-c1nc(-c2ccc(-c3ccccc3)cc2)nc(-c2ccc3ccccc3c2)n1. The smallest absolute Gasteiger partial charge is 0.238 e. The lowest BCUT2D eigenvalue weighted by Crippen LogP contribution is -2.07. The molecule has 0 saturated carbocycles. The molecule has 0 saturated heterocycles. The number of fused-ring (bicyclic) bond motifs is 10. The average molecular weight is 823 g/mol. The van der Waals surface area contributed by atoms with E-state index < -0.39 is 0 Å². The number of hydrogen-bond donors (Lipinski definition) is 0. The zero-order chi connectivity index (χ0) is 41.6. The van der Waals surface area contributed by atoms with Crippen LogP contribution in [0, 0.1) is 0 Å². The molecule has 4 nitrogen and oxygen atoms in total. The van der Waals surface area contributed by atoms with Gasteiger partial charge in [-0.15, -0.1) is 11.3 Å². The molecule has 0 radical (unpaired) electrons. The van der Waals surface area contributed by atoms with Gasteiger partial charge in [-0.1, -0.05) is 171 Å². The Morgan fingerprint density at radius 1 is 0.492 bits per heavy atom. The highest BCUT2D eigenvalue weighted by Crippen LogP contribution is 2.44. The van der Waals surface area contributed by atoms with Gasteiger partial charge >= 0.3 is 0 Å². The van der Waals surface area contributed by atoms with Gasteiger partial charge < -0.3 is 0 Å². The summed E-state index contributed by atoms with van der Waals surface area (Å²) in [7, 11) is 0. The molecule has 5 heteroatoms. The first-order chi connectivity index (χ1) is 31.1. The summed E-state index contributed by atoms with van der Waals surface area (Å²) >= 11 is 1.87. The largest absolute Gasteiger partial charge is 0.277 e. The Hall–Kier alpha value is -7.73. The van der Waals surface area contributed by atoms with Gasteiger partial charge in [-0.25, -0.2) is 4.98 Å². The maximum atomic E-state index is 5.44. The van der Waals surface area contributed by atoms with Crippen LogP contribution in [0.25, 0.3) is 121 Å². The fourth-order valence-corrected chi connectivity index (χ4v) is 11.1. The van der Waals surface area contributed by atoms with E-state index >= 15 is 0 Å². The van der Waals surface area contributed by atoms with Gasteiger partial charge in [0.2, 0.25) is 5.95 Å². The summed E-state index contributed by atoms with van der Waals surface area (Å²) in [5.41, 5.74) is 11.3. The Balaban J connectivity index is 1.08. The van der Waals surface area contributed by atoms with Crippen molar-refractivity contribution in [1.82, 2.24) is 19.5 Å². The molecule has 0 amide bonds. The van der Waals surface area contributed by atoms with E-state index in [0.717, 1.165) is 50.7 Å². The second kappa shape index (κ2) is 14.2. The molecule has 13 rings (SSSR count). The van der Waals surface area contributed by atoms with E-state index in [1.54, 1.807) is 0 Å². The van der Waals surface area contributed by atoms with Crippen LogP contribution < -0.4 is 0 Å². The van der Waals surface area contributed by atoms with Crippen molar-refractivity contribution in [3.8, 4) is 51.0 Å². The lowest BCUT2D eigenvalue weighted by atomic mass is 9.87. The van der Waals surface area contributed by atoms with Crippen LogP contribution in [0.5, 0.6) is 0 Å². The topological polar surface area (TPSA) is 43.6 Å². The molecular formula is C58H38N4S. The maximum absolute atomic E-state index is 5.44. The molecule has 1 atom stereocenters. The number of hydrogen-bond acceptors (Lipinski definition) is 4. The Labute approximate surface area is 368 Å². The van der Waals surface area contributed by atoms with Gasteiger partial charge in [0.15, 0.2) is 11.6 Å². The number of para-hydroxylation sites is 1. The molecule has 0 N–H and O–H groups in total. The van der Waals surface area contributed by atoms with Crippen molar-refractivity contribution in [3.05, 3.63) is 199 Å². The molecule has 1 aliphatic rings. The second-order valence-electron chi connectivity index (χ2n) is 16.8. The van der Waals surface area contributed by atoms with Crippen molar-refractivity contribution < 1.29 is 0 Å². The number of rotatable bonds is 5. The molecule has 63 heavy (non-hydrogen) atoms. The zero-order valence-electron chi connectivity index (χ0n) is 34.5. The van der Waals surface area contributed by atoms with Gasteiger partial charge in [-0.3, -0.25) is 4.57 Å². The predicted octanol–water partition coefficient (Wildman–Crippen LogP) is 15.8.